The molecule has 0 saturated carbocycles. The predicted octanol–water partition coefficient (Wildman–Crippen LogP) is 5.03. The molecule has 0 aromatic heterocycles. The monoisotopic (exact) mass is 446 g/mol. The highest BCUT2D eigenvalue weighted by Crippen LogP contribution is 2.40. The van der Waals surface area contributed by atoms with E-state index in [0.29, 0.717) is 11.3 Å². The maximum atomic E-state index is 12.2. The highest BCUT2D eigenvalue weighted by molar-refractivity contribution is 8.13. The molecule has 1 amide bonds. The number of hydrogen-bond acceptors (Lipinski definition) is 5. The topological polar surface area (TPSA) is 99.4 Å². The van der Waals surface area contributed by atoms with Gasteiger partial charge in [-0.25, -0.2) is 19.5 Å². The zero-order valence-electron chi connectivity index (χ0n) is 16.2. The predicted molar refractivity (Wildman–Crippen MR) is 116 cm³/mol. The van der Waals surface area contributed by atoms with Gasteiger partial charge in [0.25, 0.3) is 0 Å². The molecule has 1 heterocycles. The Bertz CT molecular complexity index is 1040. The summed E-state index contributed by atoms with van der Waals surface area (Å²) in [5, 5.41) is 20.2. The van der Waals surface area contributed by atoms with Crippen LogP contribution in [0.25, 0.3) is 0 Å². The number of amidine groups is 1. The van der Waals surface area contributed by atoms with Gasteiger partial charge >= 0.3 is 12.1 Å². The van der Waals surface area contributed by atoms with Crippen molar-refractivity contribution < 1.29 is 24.5 Å². The molecule has 0 spiro atoms. The van der Waals surface area contributed by atoms with Gasteiger partial charge in [0.1, 0.15) is 11.8 Å². The third kappa shape index (κ3) is 4.44. The molecule has 9 heteroatoms. The van der Waals surface area contributed by atoms with E-state index < -0.39 is 18.1 Å². The lowest BCUT2D eigenvalue weighted by Gasteiger charge is -2.34. The van der Waals surface area contributed by atoms with Gasteiger partial charge < -0.3 is 14.9 Å². The van der Waals surface area contributed by atoms with Crippen molar-refractivity contribution in [3.8, 4) is 5.75 Å². The molecule has 0 aliphatic carbocycles. The molecule has 0 fully saturated rings. The van der Waals surface area contributed by atoms with Crippen LogP contribution in [-0.2, 0) is 10.5 Å². The maximum Gasteiger partial charge on any atom is 0.414 e. The number of halogens is 1. The first-order chi connectivity index (χ1) is 14.3. The number of carboxylic acid groups (broad SMARTS) is 2. The van der Waals surface area contributed by atoms with Crippen molar-refractivity contribution in [3.05, 3.63) is 76.0 Å². The third-order valence-electron chi connectivity index (χ3n) is 4.55. The third-order valence-corrected chi connectivity index (χ3v) is 5.92. The molecule has 0 saturated heterocycles. The smallest absolute Gasteiger partial charge is 0.414 e. The van der Waals surface area contributed by atoms with Crippen LogP contribution >= 0.6 is 23.4 Å². The largest absolute Gasteiger partial charge is 0.497 e. The van der Waals surface area contributed by atoms with E-state index in [1.54, 1.807) is 38.3 Å². The number of aliphatic imine (C=N–C) groups is 1. The molecule has 2 N–H and O–H groups in total. The van der Waals surface area contributed by atoms with Crippen molar-refractivity contribution in [3.63, 3.8) is 0 Å². The summed E-state index contributed by atoms with van der Waals surface area (Å²) in [5.41, 5.74) is 1.44. The molecule has 30 heavy (non-hydrogen) atoms. The zero-order valence-corrected chi connectivity index (χ0v) is 17.8. The number of rotatable bonds is 5. The van der Waals surface area contributed by atoms with Crippen LogP contribution in [-0.4, -0.2) is 39.5 Å². The number of nitrogens with zero attached hydrogens (tertiary/aromatic N) is 2. The Hall–Kier alpha value is -2.97. The quantitative estimate of drug-likeness (QED) is 0.668. The van der Waals surface area contributed by atoms with Crippen molar-refractivity contribution >= 4 is 40.6 Å². The van der Waals surface area contributed by atoms with Gasteiger partial charge in [-0.2, -0.15) is 0 Å². The van der Waals surface area contributed by atoms with Crippen LogP contribution in [0.3, 0.4) is 0 Å². The molecule has 3 rings (SSSR count). The molecule has 0 radical (unpaired) electrons. The van der Waals surface area contributed by atoms with E-state index in [4.69, 9.17) is 16.3 Å². The first-order valence-corrected chi connectivity index (χ1v) is 10.2. The highest BCUT2D eigenvalue weighted by atomic mass is 35.5. The van der Waals surface area contributed by atoms with Gasteiger partial charge in [-0.05, 0) is 36.2 Å². The lowest BCUT2D eigenvalue weighted by molar-refractivity contribution is -0.133. The minimum Gasteiger partial charge on any atom is -0.497 e. The van der Waals surface area contributed by atoms with Crippen LogP contribution < -0.4 is 4.74 Å². The summed E-state index contributed by atoms with van der Waals surface area (Å²) in [5.74, 6) is -0.0847. The molecular weight excluding hydrogens is 428 g/mol. The van der Waals surface area contributed by atoms with Crippen molar-refractivity contribution in [2.45, 2.75) is 18.7 Å². The minimum atomic E-state index is -1.31. The lowest BCUT2D eigenvalue weighted by atomic mass is 9.95. The van der Waals surface area contributed by atoms with Gasteiger partial charge in [0.15, 0.2) is 5.17 Å². The lowest BCUT2D eigenvalue weighted by Crippen LogP contribution is -2.42. The Morgan fingerprint density at radius 2 is 1.83 bits per heavy atom. The molecule has 2 aromatic carbocycles. The second kappa shape index (κ2) is 9.23. The molecule has 156 valence electrons. The summed E-state index contributed by atoms with van der Waals surface area (Å²) in [7, 11) is 1.58. The Morgan fingerprint density at radius 1 is 1.17 bits per heavy atom. The Balaban J connectivity index is 2.01. The number of hydrogen-bond donors (Lipinski definition) is 2. The van der Waals surface area contributed by atoms with Crippen LogP contribution in [0.5, 0.6) is 5.75 Å². The Labute approximate surface area is 182 Å². The summed E-state index contributed by atoms with van der Waals surface area (Å²) in [6.45, 7) is 1.56. The van der Waals surface area contributed by atoms with Gasteiger partial charge in [0.2, 0.25) is 0 Å². The summed E-state index contributed by atoms with van der Waals surface area (Å²) >= 11 is 7.51. The molecule has 1 aliphatic rings. The van der Waals surface area contributed by atoms with Crippen molar-refractivity contribution in [1.82, 2.24) is 4.90 Å². The molecule has 2 aromatic rings. The van der Waals surface area contributed by atoms with E-state index in [1.807, 2.05) is 24.3 Å². The first kappa shape index (κ1) is 21.7. The fourth-order valence-corrected chi connectivity index (χ4v) is 4.37. The van der Waals surface area contributed by atoms with Crippen molar-refractivity contribution in [2.24, 2.45) is 4.99 Å². The number of aliphatic carboxylic acids is 1. The standard InChI is InChI=1S/C21H19ClN2O5S/c1-12-17(19(25)26)18(15-5-3-4-6-16(15)22)24(21(27)28)20(23-12)30-11-13-7-9-14(29-2)10-8-13/h3-10,18H,11H2,1-2H3,(H,25,26)(H,27,28). The van der Waals surface area contributed by atoms with E-state index in [9.17, 15) is 19.8 Å². The SMILES string of the molecule is COc1ccc(CSC2=NC(C)=C(C(=O)O)C(c3ccccc3Cl)N2C(=O)O)cc1. The van der Waals surface area contributed by atoms with Gasteiger partial charge in [-0.1, -0.05) is 53.7 Å². The Morgan fingerprint density at radius 3 is 2.40 bits per heavy atom. The number of ether oxygens (including phenoxy) is 1. The van der Waals surface area contributed by atoms with Crippen LogP contribution in [0, 0.1) is 0 Å². The van der Waals surface area contributed by atoms with Gasteiger partial charge in [-0.15, -0.1) is 0 Å². The fraction of sp³-hybridized carbons (Fsp3) is 0.190. The number of allylic oxidation sites excluding steroid dienone is 1. The van der Waals surface area contributed by atoms with E-state index in [2.05, 4.69) is 4.99 Å². The number of thioether (sulfide) groups is 1. The summed E-state index contributed by atoms with van der Waals surface area (Å²) in [6, 6.07) is 12.9. The molecular formula is C21H19ClN2O5S. The van der Waals surface area contributed by atoms with E-state index >= 15 is 0 Å². The molecule has 0 bridgehead atoms. The number of carboxylic acids is 1. The van der Waals surface area contributed by atoms with Crippen molar-refractivity contribution in [1.29, 1.82) is 0 Å². The normalized spacial score (nSPS) is 16.3. The fourth-order valence-electron chi connectivity index (χ4n) is 3.12. The van der Waals surface area contributed by atoms with Crippen LogP contribution in [0.2, 0.25) is 5.02 Å². The summed E-state index contributed by atoms with van der Waals surface area (Å²) in [6.07, 6.45) is -1.31. The average molecular weight is 447 g/mol. The van der Waals surface area contributed by atoms with E-state index in [1.165, 1.54) is 11.8 Å². The molecule has 1 unspecified atom stereocenters. The van der Waals surface area contributed by atoms with Gasteiger partial charge in [-0.3, -0.25) is 0 Å². The molecule has 7 nitrogen and oxygen atoms in total. The zero-order chi connectivity index (χ0) is 21.8. The summed E-state index contributed by atoms with van der Waals surface area (Å²) in [4.78, 5) is 29.4. The number of methoxy groups -OCH3 is 1. The number of amides is 1. The van der Waals surface area contributed by atoms with Crippen LogP contribution in [0.4, 0.5) is 4.79 Å². The second-order valence-electron chi connectivity index (χ2n) is 6.41. The molecule has 1 atom stereocenters. The van der Waals surface area contributed by atoms with Gasteiger partial charge in [0.05, 0.1) is 18.4 Å². The van der Waals surface area contributed by atoms with E-state index in [0.717, 1.165) is 16.2 Å². The number of carbonyl (C=O) groups is 2. The second-order valence-corrected chi connectivity index (χ2v) is 7.76. The van der Waals surface area contributed by atoms with Crippen LogP contribution in [0.1, 0.15) is 24.1 Å². The highest BCUT2D eigenvalue weighted by Gasteiger charge is 2.40. The maximum absolute atomic E-state index is 12.2. The van der Waals surface area contributed by atoms with Crippen LogP contribution in [0.15, 0.2) is 64.8 Å². The molecule has 1 aliphatic heterocycles. The average Bonchev–Trinajstić information content (AvgIpc) is 2.71. The van der Waals surface area contributed by atoms with Crippen molar-refractivity contribution in [2.75, 3.05) is 7.11 Å². The minimum absolute atomic E-state index is 0.126. The Kier molecular flexibility index (Phi) is 6.69. The van der Waals surface area contributed by atoms with E-state index in [-0.39, 0.29) is 21.5 Å². The number of benzene rings is 2. The summed E-state index contributed by atoms with van der Waals surface area (Å²) < 4.78 is 5.14. The first-order valence-electron chi connectivity index (χ1n) is 8.88. The van der Waals surface area contributed by atoms with Gasteiger partial charge in [0, 0.05) is 10.8 Å².